The highest BCUT2D eigenvalue weighted by Crippen LogP contribution is 2.45. The number of methoxy groups -OCH3 is 1. The Morgan fingerprint density at radius 2 is 1.31 bits per heavy atom. The van der Waals surface area contributed by atoms with Crippen molar-refractivity contribution in [2.75, 3.05) is 20.3 Å². The molecule has 2 aromatic rings. The minimum Gasteiger partial charge on any atom is -0.459 e. The van der Waals surface area contributed by atoms with E-state index in [-0.39, 0.29) is 13.2 Å². The Labute approximate surface area is 186 Å². The van der Waals surface area contributed by atoms with Gasteiger partial charge in [0.05, 0.1) is 11.1 Å². The Morgan fingerprint density at radius 1 is 0.812 bits per heavy atom. The number of hydrogen-bond acceptors (Lipinski definition) is 8. The maximum absolute atomic E-state index is 12.6. The van der Waals surface area contributed by atoms with Crippen molar-refractivity contribution in [3.05, 3.63) is 71.8 Å². The first-order valence-electron chi connectivity index (χ1n) is 10.3. The lowest BCUT2D eigenvalue weighted by Gasteiger charge is -2.33. The highest BCUT2D eigenvalue weighted by molar-refractivity contribution is 5.90. The number of rotatable bonds is 7. The van der Waals surface area contributed by atoms with Gasteiger partial charge in [-0.3, -0.25) is 0 Å². The molecule has 0 saturated carbocycles. The van der Waals surface area contributed by atoms with E-state index in [9.17, 15) is 9.59 Å². The smallest absolute Gasteiger partial charge is 0.338 e. The van der Waals surface area contributed by atoms with Gasteiger partial charge in [-0.2, -0.15) is 0 Å². The number of fused-ring (bicyclic) bond motifs is 1. The Kier molecular flexibility index (Phi) is 6.30. The van der Waals surface area contributed by atoms with Crippen molar-refractivity contribution in [1.82, 2.24) is 0 Å². The molecule has 0 radical (unpaired) electrons. The van der Waals surface area contributed by atoms with E-state index in [0.29, 0.717) is 11.1 Å². The predicted octanol–water partition coefficient (Wildman–Crippen LogP) is 2.96. The summed E-state index contributed by atoms with van der Waals surface area (Å²) in [4.78, 5) is 25.2. The third-order valence-corrected chi connectivity index (χ3v) is 5.41. The van der Waals surface area contributed by atoms with Gasteiger partial charge in [0.25, 0.3) is 0 Å². The summed E-state index contributed by atoms with van der Waals surface area (Å²) in [7, 11) is 1.48. The van der Waals surface area contributed by atoms with Crippen molar-refractivity contribution in [2.45, 2.75) is 43.7 Å². The molecule has 2 aliphatic heterocycles. The molecule has 0 aliphatic carbocycles. The van der Waals surface area contributed by atoms with Crippen LogP contribution in [-0.2, 0) is 28.4 Å². The summed E-state index contributed by atoms with van der Waals surface area (Å²) < 4.78 is 34.8. The van der Waals surface area contributed by atoms with E-state index < -0.39 is 41.8 Å². The van der Waals surface area contributed by atoms with Crippen molar-refractivity contribution < 1.29 is 38.0 Å². The maximum Gasteiger partial charge on any atom is 0.338 e. The topological polar surface area (TPSA) is 89.5 Å². The van der Waals surface area contributed by atoms with Gasteiger partial charge in [-0.25, -0.2) is 9.59 Å². The molecule has 1 unspecified atom stereocenters. The molecule has 2 saturated heterocycles. The zero-order chi connectivity index (χ0) is 22.8. The first kappa shape index (κ1) is 22.4. The van der Waals surface area contributed by atoms with Gasteiger partial charge in [0.15, 0.2) is 17.7 Å². The van der Waals surface area contributed by atoms with Gasteiger partial charge in [-0.15, -0.1) is 0 Å². The molecule has 2 heterocycles. The number of carbonyl (C=O) groups is 2. The third kappa shape index (κ3) is 4.54. The molecular weight excluding hydrogens is 416 g/mol. The Morgan fingerprint density at radius 3 is 1.78 bits per heavy atom. The van der Waals surface area contributed by atoms with E-state index in [2.05, 4.69) is 0 Å². The molecule has 2 aromatic carbocycles. The Hall–Kier alpha value is -2.78. The Bertz CT molecular complexity index is 887. The minimum atomic E-state index is -1.31. The van der Waals surface area contributed by atoms with Gasteiger partial charge in [-0.05, 0) is 38.1 Å². The van der Waals surface area contributed by atoms with Crippen LogP contribution in [0.15, 0.2) is 60.7 Å². The second-order valence-corrected chi connectivity index (χ2v) is 8.19. The van der Waals surface area contributed by atoms with Crippen LogP contribution in [0.5, 0.6) is 0 Å². The molecule has 0 bridgehead atoms. The lowest BCUT2D eigenvalue weighted by atomic mass is 9.97. The second kappa shape index (κ2) is 8.99. The van der Waals surface area contributed by atoms with Crippen molar-refractivity contribution in [3.63, 3.8) is 0 Å². The van der Waals surface area contributed by atoms with Crippen molar-refractivity contribution >= 4 is 11.9 Å². The van der Waals surface area contributed by atoms with Crippen molar-refractivity contribution in [3.8, 4) is 0 Å². The Balaban J connectivity index is 1.56. The summed E-state index contributed by atoms with van der Waals surface area (Å²) in [5.74, 6) is -1.97. The van der Waals surface area contributed by atoms with Crippen LogP contribution in [0.4, 0.5) is 0 Å². The molecule has 0 N–H and O–H groups in total. The predicted molar refractivity (Wildman–Crippen MR) is 112 cm³/mol. The molecule has 8 heteroatoms. The fourth-order valence-corrected chi connectivity index (χ4v) is 3.91. The van der Waals surface area contributed by atoms with E-state index in [1.165, 1.54) is 7.11 Å². The fourth-order valence-electron chi connectivity index (χ4n) is 3.91. The molecule has 32 heavy (non-hydrogen) atoms. The SMILES string of the molecule is COC1OC(COC(=O)c2ccccc2)(COC(=O)c2ccccc2)[C@H]2OC(C)(C)O[C@@H]12. The lowest BCUT2D eigenvalue weighted by molar-refractivity contribution is -0.261. The van der Waals surface area contributed by atoms with Crippen LogP contribution in [0.3, 0.4) is 0 Å². The van der Waals surface area contributed by atoms with Gasteiger partial charge >= 0.3 is 11.9 Å². The fraction of sp³-hybridized carbons (Fsp3) is 0.417. The molecule has 0 amide bonds. The normalized spacial score (nSPS) is 25.2. The van der Waals surface area contributed by atoms with E-state index in [1.807, 2.05) is 0 Å². The van der Waals surface area contributed by atoms with Gasteiger partial charge in [0, 0.05) is 7.11 Å². The van der Waals surface area contributed by atoms with Crippen LogP contribution in [0.1, 0.15) is 34.6 Å². The zero-order valence-electron chi connectivity index (χ0n) is 18.2. The van der Waals surface area contributed by atoms with E-state index in [4.69, 9.17) is 28.4 Å². The summed E-state index contributed by atoms with van der Waals surface area (Å²) in [6, 6.07) is 17.2. The van der Waals surface area contributed by atoms with E-state index in [0.717, 1.165) is 0 Å². The van der Waals surface area contributed by atoms with Crippen molar-refractivity contribution in [2.24, 2.45) is 0 Å². The van der Waals surface area contributed by atoms with Crippen LogP contribution in [0.25, 0.3) is 0 Å². The summed E-state index contributed by atoms with van der Waals surface area (Å²) in [6.45, 7) is 3.11. The summed E-state index contributed by atoms with van der Waals surface area (Å²) in [5, 5.41) is 0. The number of hydrogen-bond donors (Lipinski definition) is 0. The van der Waals surface area contributed by atoms with Gasteiger partial charge in [0.1, 0.15) is 25.4 Å². The second-order valence-electron chi connectivity index (χ2n) is 8.19. The maximum atomic E-state index is 12.6. The monoisotopic (exact) mass is 442 g/mol. The first-order chi connectivity index (χ1) is 15.3. The van der Waals surface area contributed by atoms with Crippen molar-refractivity contribution in [1.29, 1.82) is 0 Å². The number of esters is 2. The van der Waals surface area contributed by atoms with Crippen LogP contribution in [0.2, 0.25) is 0 Å². The standard InChI is InChI=1S/C24H26O8/c1-23(2)30-18-19(31-23)24(32-22(18)27-3,14-28-20(25)16-10-6-4-7-11-16)15-29-21(26)17-12-8-5-9-13-17/h4-13,18-19,22H,14-15H2,1-3H3/t18-,19+,22?/m1/s1. The van der Waals surface area contributed by atoms with Gasteiger partial charge in [0.2, 0.25) is 0 Å². The molecule has 4 rings (SSSR count). The third-order valence-electron chi connectivity index (χ3n) is 5.41. The summed E-state index contributed by atoms with van der Waals surface area (Å²) >= 11 is 0. The summed E-state index contributed by atoms with van der Waals surface area (Å²) in [5.41, 5.74) is -0.523. The molecule has 8 nitrogen and oxygen atoms in total. The highest BCUT2D eigenvalue weighted by atomic mass is 16.8. The molecule has 3 atom stereocenters. The average molecular weight is 442 g/mol. The van der Waals surface area contributed by atoms with E-state index in [1.54, 1.807) is 74.5 Å². The van der Waals surface area contributed by atoms with Crippen LogP contribution in [0, 0.1) is 0 Å². The largest absolute Gasteiger partial charge is 0.459 e. The number of carbonyl (C=O) groups excluding carboxylic acids is 2. The van der Waals surface area contributed by atoms with Crippen LogP contribution >= 0.6 is 0 Å². The molecular formula is C24H26O8. The van der Waals surface area contributed by atoms with Gasteiger partial charge < -0.3 is 28.4 Å². The summed E-state index contributed by atoms with van der Waals surface area (Å²) in [6.07, 6.45) is -2.05. The highest BCUT2D eigenvalue weighted by Gasteiger charge is 2.64. The lowest BCUT2D eigenvalue weighted by Crippen LogP contribution is -2.51. The zero-order valence-corrected chi connectivity index (χ0v) is 18.2. The van der Waals surface area contributed by atoms with Crippen LogP contribution < -0.4 is 0 Å². The number of ether oxygens (including phenoxy) is 6. The first-order valence-corrected chi connectivity index (χ1v) is 10.3. The molecule has 2 aliphatic rings. The molecule has 0 spiro atoms. The molecule has 2 fully saturated rings. The quantitative estimate of drug-likeness (QED) is 0.605. The van der Waals surface area contributed by atoms with Gasteiger partial charge in [-0.1, -0.05) is 36.4 Å². The van der Waals surface area contributed by atoms with E-state index >= 15 is 0 Å². The molecule has 0 aromatic heterocycles. The number of benzene rings is 2. The molecule has 170 valence electrons. The average Bonchev–Trinajstić information content (AvgIpc) is 3.28. The minimum absolute atomic E-state index is 0.219. The van der Waals surface area contributed by atoms with Crippen LogP contribution in [-0.4, -0.2) is 62.1 Å².